The fraction of sp³-hybridized carbons (Fsp3) is 0.429. The number of benzene rings is 1. The third kappa shape index (κ3) is 4.60. The van der Waals surface area contributed by atoms with Crippen LogP contribution in [-0.2, 0) is 11.2 Å². The molecule has 3 heterocycles. The summed E-state index contributed by atoms with van der Waals surface area (Å²) >= 11 is 1.60. The van der Waals surface area contributed by atoms with Gasteiger partial charge in [-0.25, -0.2) is 14.6 Å². The van der Waals surface area contributed by atoms with Crippen molar-refractivity contribution in [2.24, 2.45) is 0 Å². The lowest BCUT2D eigenvalue weighted by atomic mass is 10.1. The molecule has 1 aliphatic heterocycles. The van der Waals surface area contributed by atoms with Crippen molar-refractivity contribution >= 4 is 17.2 Å². The normalized spacial score (nSPS) is 12.8. The zero-order chi connectivity index (χ0) is 21.8. The average molecular weight is 444 g/mol. The topological polar surface area (TPSA) is 111 Å². The number of nitrogens with zero attached hydrogens (tertiary/aromatic N) is 4. The van der Waals surface area contributed by atoms with E-state index in [2.05, 4.69) is 29.2 Å². The van der Waals surface area contributed by atoms with Gasteiger partial charge in [0.2, 0.25) is 0 Å². The maximum Gasteiger partial charge on any atom is 0.251 e. The second-order valence-corrected chi connectivity index (χ2v) is 8.40. The lowest BCUT2D eigenvalue weighted by molar-refractivity contribution is 0.0838. The van der Waals surface area contributed by atoms with Crippen molar-refractivity contribution in [3.8, 4) is 27.8 Å². The van der Waals surface area contributed by atoms with Crippen LogP contribution in [0.2, 0.25) is 0 Å². The average Bonchev–Trinajstić information content (AvgIpc) is 3.37. The molecule has 9 nitrogen and oxygen atoms in total. The van der Waals surface area contributed by atoms with Gasteiger partial charge in [0.15, 0.2) is 10.8 Å². The number of ether oxygens (including phenoxy) is 2. The molecule has 10 heteroatoms. The molecule has 31 heavy (non-hydrogen) atoms. The Kier molecular flexibility index (Phi) is 6.59. The number of aliphatic hydroxyl groups is 1. The van der Waals surface area contributed by atoms with Crippen molar-refractivity contribution in [1.29, 1.82) is 0 Å². The molecule has 0 unspecified atom stereocenters. The minimum absolute atomic E-state index is 0.0354. The van der Waals surface area contributed by atoms with Crippen molar-refractivity contribution in [3.63, 3.8) is 0 Å². The molecular weight excluding hydrogens is 418 g/mol. The molecule has 0 radical (unpaired) electrons. The van der Waals surface area contributed by atoms with E-state index >= 15 is 0 Å². The Morgan fingerprint density at radius 3 is 3.06 bits per heavy atom. The fourth-order valence-electron chi connectivity index (χ4n) is 3.35. The Labute approximate surface area is 184 Å². The molecule has 0 atom stereocenters. The van der Waals surface area contributed by atoms with Crippen LogP contribution in [0, 0.1) is 0 Å². The number of carbonyl (C=O) groups is 1. The molecule has 0 saturated heterocycles. The van der Waals surface area contributed by atoms with Gasteiger partial charge in [0.25, 0.3) is 5.91 Å². The minimum Gasteiger partial charge on any atom is -0.492 e. The number of carbonyl (C=O) groups excluding carboxylic acids is 1. The molecule has 4 rings (SSSR count). The lowest BCUT2D eigenvalue weighted by Gasteiger charge is -2.10. The third-order valence-corrected chi connectivity index (χ3v) is 5.92. The van der Waals surface area contributed by atoms with Gasteiger partial charge in [-0.2, -0.15) is 5.10 Å². The van der Waals surface area contributed by atoms with E-state index in [1.807, 2.05) is 10.7 Å². The van der Waals surface area contributed by atoms with Crippen molar-refractivity contribution in [2.75, 3.05) is 33.0 Å². The van der Waals surface area contributed by atoms with Crippen LogP contribution in [0.15, 0.2) is 24.5 Å². The van der Waals surface area contributed by atoms with Crippen molar-refractivity contribution in [3.05, 3.63) is 35.0 Å². The summed E-state index contributed by atoms with van der Waals surface area (Å²) in [5, 5.41) is 16.7. The number of aliphatic hydroxyl groups excluding tert-OH is 1. The quantitative estimate of drug-likeness (QED) is 0.514. The van der Waals surface area contributed by atoms with E-state index in [1.165, 1.54) is 0 Å². The monoisotopic (exact) mass is 443 g/mol. The van der Waals surface area contributed by atoms with Gasteiger partial charge in [0.05, 0.1) is 32.1 Å². The van der Waals surface area contributed by atoms with E-state index in [-0.39, 0.29) is 25.2 Å². The van der Waals surface area contributed by atoms with Crippen LogP contribution in [0.1, 0.15) is 35.1 Å². The van der Waals surface area contributed by atoms with Crippen LogP contribution in [0.25, 0.3) is 22.1 Å². The molecule has 1 aliphatic rings. The highest BCUT2D eigenvalue weighted by molar-refractivity contribution is 7.15. The van der Waals surface area contributed by atoms with Gasteiger partial charge in [-0.3, -0.25) is 4.79 Å². The predicted molar refractivity (Wildman–Crippen MR) is 116 cm³/mol. The molecule has 0 bridgehead atoms. The van der Waals surface area contributed by atoms with Crippen LogP contribution < -0.4 is 10.1 Å². The largest absolute Gasteiger partial charge is 0.492 e. The summed E-state index contributed by atoms with van der Waals surface area (Å²) in [6.45, 7) is 5.57. The van der Waals surface area contributed by atoms with Gasteiger partial charge in [0.1, 0.15) is 12.1 Å². The van der Waals surface area contributed by atoms with Gasteiger partial charge in [0, 0.05) is 35.0 Å². The van der Waals surface area contributed by atoms with E-state index in [4.69, 9.17) is 19.6 Å². The van der Waals surface area contributed by atoms with E-state index in [1.54, 1.807) is 29.8 Å². The molecule has 0 saturated carbocycles. The summed E-state index contributed by atoms with van der Waals surface area (Å²) in [5.74, 6) is 1.20. The predicted octanol–water partition coefficient (Wildman–Crippen LogP) is 2.32. The summed E-state index contributed by atoms with van der Waals surface area (Å²) in [7, 11) is 0. The van der Waals surface area contributed by atoms with Gasteiger partial charge in [-0.05, 0) is 32.0 Å². The molecule has 2 N–H and O–H groups in total. The summed E-state index contributed by atoms with van der Waals surface area (Å²) in [6, 6.07) is 5.60. The molecule has 1 aromatic carbocycles. The van der Waals surface area contributed by atoms with Crippen LogP contribution >= 0.6 is 11.3 Å². The molecule has 1 amide bonds. The first-order valence-electron chi connectivity index (χ1n) is 10.2. The van der Waals surface area contributed by atoms with Crippen molar-refractivity contribution in [1.82, 2.24) is 25.1 Å². The van der Waals surface area contributed by atoms with E-state index in [0.29, 0.717) is 31.1 Å². The van der Waals surface area contributed by atoms with Gasteiger partial charge in [-0.1, -0.05) is 0 Å². The van der Waals surface area contributed by atoms with Crippen molar-refractivity contribution < 1.29 is 19.4 Å². The Hall–Kier alpha value is -2.82. The highest BCUT2D eigenvalue weighted by Crippen LogP contribution is 2.40. The maximum absolute atomic E-state index is 12.5. The van der Waals surface area contributed by atoms with E-state index in [9.17, 15) is 4.79 Å². The fourth-order valence-corrected chi connectivity index (χ4v) is 4.39. The van der Waals surface area contributed by atoms with Crippen LogP contribution in [-0.4, -0.2) is 63.7 Å². The second kappa shape index (κ2) is 9.54. The number of thiazole rings is 1. The molecule has 0 aliphatic carbocycles. The minimum atomic E-state index is -0.201. The van der Waals surface area contributed by atoms with Gasteiger partial charge < -0.3 is 19.9 Å². The number of amides is 1. The maximum atomic E-state index is 12.5. The van der Waals surface area contributed by atoms with Crippen LogP contribution in [0.5, 0.6) is 5.75 Å². The van der Waals surface area contributed by atoms with Gasteiger partial charge >= 0.3 is 0 Å². The lowest BCUT2D eigenvalue weighted by Crippen LogP contribution is -2.27. The first-order valence-corrected chi connectivity index (χ1v) is 11.0. The molecule has 2 aromatic heterocycles. The summed E-state index contributed by atoms with van der Waals surface area (Å²) in [4.78, 5) is 22.9. The smallest absolute Gasteiger partial charge is 0.251 e. The molecule has 0 fully saturated rings. The number of rotatable bonds is 8. The summed E-state index contributed by atoms with van der Waals surface area (Å²) in [5.41, 5.74) is 2.25. The Morgan fingerprint density at radius 2 is 2.26 bits per heavy atom. The number of hydrogen-bond acceptors (Lipinski definition) is 8. The Morgan fingerprint density at radius 1 is 1.39 bits per heavy atom. The highest BCUT2D eigenvalue weighted by atomic mass is 32.1. The molecule has 0 spiro atoms. The SMILES string of the molecule is CC(C)n1ncnc1-c1nc2c(s1)CCOc1cc(C(=O)NCCOCCO)ccc1-2. The van der Waals surface area contributed by atoms with Crippen molar-refractivity contribution in [2.45, 2.75) is 26.3 Å². The number of nitrogens with one attached hydrogen (secondary N) is 1. The van der Waals surface area contributed by atoms with E-state index in [0.717, 1.165) is 33.4 Å². The Balaban J connectivity index is 1.57. The highest BCUT2D eigenvalue weighted by Gasteiger charge is 2.24. The zero-order valence-corrected chi connectivity index (χ0v) is 18.3. The number of fused-ring (bicyclic) bond motifs is 3. The third-order valence-electron chi connectivity index (χ3n) is 4.80. The second-order valence-electron chi connectivity index (χ2n) is 7.31. The number of aromatic nitrogens is 4. The van der Waals surface area contributed by atoms with Crippen LogP contribution in [0.3, 0.4) is 0 Å². The summed E-state index contributed by atoms with van der Waals surface area (Å²) < 4.78 is 13.0. The summed E-state index contributed by atoms with van der Waals surface area (Å²) in [6.07, 6.45) is 2.29. The number of hydrogen-bond donors (Lipinski definition) is 2. The molecule has 164 valence electrons. The van der Waals surface area contributed by atoms with Gasteiger partial charge in [-0.15, -0.1) is 11.3 Å². The molecule has 3 aromatic rings. The van der Waals surface area contributed by atoms with E-state index < -0.39 is 0 Å². The Bertz CT molecular complexity index is 1060. The first-order chi connectivity index (χ1) is 15.1. The zero-order valence-electron chi connectivity index (χ0n) is 17.5. The standard InChI is InChI=1S/C21H25N5O4S/c1-13(2)26-19(23-12-24-26)21-25-18-15-4-3-14(20(28)22-6-9-29-10-7-27)11-16(15)30-8-5-17(18)31-21/h3-4,11-13,27H,5-10H2,1-2H3,(H,22,28). The van der Waals surface area contributed by atoms with Crippen LogP contribution in [0.4, 0.5) is 0 Å². The first kappa shape index (κ1) is 21.4. The molecular formula is C21H25N5O4S.